The number of nitrogens with zero attached hydrogens (tertiary/aromatic N) is 3. The Balaban J connectivity index is 0.000000341. The molecule has 0 aliphatic heterocycles. The summed E-state index contributed by atoms with van der Waals surface area (Å²) >= 11 is 1.41. The molecule has 4 atom stereocenters. The van der Waals surface area contributed by atoms with Crippen molar-refractivity contribution in [3.05, 3.63) is 114 Å². The zero-order valence-corrected chi connectivity index (χ0v) is 37.9. The molecular weight excluding hydrogens is 881 g/mol. The van der Waals surface area contributed by atoms with Gasteiger partial charge in [-0.05, 0) is 103 Å². The van der Waals surface area contributed by atoms with Crippen LogP contribution in [-0.4, -0.2) is 97.2 Å². The fourth-order valence-electron chi connectivity index (χ4n) is 6.67. The molecule has 354 valence electrons. The molecule has 0 spiro atoms. The molecule has 1 saturated carbocycles. The Morgan fingerprint density at radius 2 is 1.19 bits per heavy atom. The van der Waals surface area contributed by atoms with E-state index in [4.69, 9.17) is 17.2 Å². The number of hydrogen-bond donors (Lipinski definition) is 6. The van der Waals surface area contributed by atoms with E-state index in [9.17, 15) is 35.8 Å². The third kappa shape index (κ3) is 15.5. The van der Waals surface area contributed by atoms with Crippen molar-refractivity contribution in [3.8, 4) is 0 Å². The zero-order valence-electron chi connectivity index (χ0n) is 35.4. The second kappa shape index (κ2) is 23.9. The molecule has 0 unspecified atom stereocenters. The van der Waals surface area contributed by atoms with Crippen molar-refractivity contribution in [3.63, 3.8) is 0 Å². The maximum Gasteiger partial charge on any atom is 0.243 e. The fourth-order valence-corrected chi connectivity index (χ4v) is 11.0. The summed E-state index contributed by atoms with van der Waals surface area (Å²) in [5.41, 5.74) is 20.4. The zero-order chi connectivity index (χ0) is 45.4. The first kappa shape index (κ1) is 54.2. The molecule has 13 nitrogen and oxygen atoms in total. The molecule has 0 saturated heterocycles. The first-order chi connectivity index (χ1) is 29.2. The van der Waals surface area contributed by atoms with Crippen molar-refractivity contribution in [1.29, 1.82) is 0 Å². The molecule has 64 heavy (non-hydrogen) atoms. The standard InChI is InChI=1S/C24H30F2N4O3S2.C20H29N3O3S.2CH4/c1-14(2)12-30(13-22(31)20(27)9-15-7-16(25)10-17(26)8-15)35(32,33)19-5-6-21-23(11-19)34-24(29-21)28-18-3-4-18;1-15(2)13-23(27(25,26)18-10-8-17(21)9-11-18)14-20(24)19(22)12-16-6-4-3-5-7-16;;/h5-8,10-11,14,18,20,22,31H,3-4,9,12-13,27H2,1-2H3,(H,28,29);3-11,15,19-20,24H,12-14,21-22H2,1-2H3;2*1H4/t20-,22+;19-,20+;;/m00../s1. The maximum absolute atomic E-state index is 13.6. The number of aliphatic hydroxyl groups is 2. The number of sulfonamides is 2. The lowest BCUT2D eigenvalue weighted by Crippen LogP contribution is -2.47. The minimum atomic E-state index is -3.95. The van der Waals surface area contributed by atoms with Gasteiger partial charge in [0, 0.05) is 56.1 Å². The Hall–Kier alpha value is -4.11. The van der Waals surface area contributed by atoms with Crippen LogP contribution in [0.15, 0.2) is 101 Å². The van der Waals surface area contributed by atoms with Crippen LogP contribution in [-0.2, 0) is 32.9 Å². The van der Waals surface area contributed by atoms with Gasteiger partial charge in [0.2, 0.25) is 20.0 Å². The lowest BCUT2D eigenvalue weighted by atomic mass is 10.0. The van der Waals surface area contributed by atoms with Gasteiger partial charge in [0.15, 0.2) is 5.13 Å². The number of hydrogen-bond acceptors (Lipinski definition) is 12. The predicted molar refractivity (Wildman–Crippen MR) is 256 cm³/mol. The minimum Gasteiger partial charge on any atom is -0.399 e. The smallest absolute Gasteiger partial charge is 0.243 e. The van der Waals surface area contributed by atoms with Crippen LogP contribution in [0.5, 0.6) is 0 Å². The van der Waals surface area contributed by atoms with E-state index in [-0.39, 0.29) is 62.5 Å². The summed E-state index contributed by atoms with van der Waals surface area (Å²) in [5.74, 6) is -1.38. The van der Waals surface area contributed by atoms with Crippen molar-refractivity contribution in [1.82, 2.24) is 13.6 Å². The Morgan fingerprint density at radius 3 is 1.69 bits per heavy atom. The lowest BCUT2D eigenvalue weighted by molar-refractivity contribution is 0.116. The van der Waals surface area contributed by atoms with E-state index in [2.05, 4.69) is 10.3 Å². The summed E-state index contributed by atoms with van der Waals surface area (Å²) in [6.07, 6.45) is 0.467. The number of benzene rings is 4. The Kier molecular flexibility index (Phi) is 20.2. The van der Waals surface area contributed by atoms with E-state index in [1.807, 2.05) is 58.0 Å². The predicted octanol–water partition coefficient (Wildman–Crippen LogP) is 6.85. The average molecular weight is 948 g/mol. The van der Waals surface area contributed by atoms with Crippen LogP contribution in [0.3, 0.4) is 0 Å². The van der Waals surface area contributed by atoms with Gasteiger partial charge in [0.05, 0.1) is 32.2 Å². The van der Waals surface area contributed by atoms with Crippen LogP contribution >= 0.6 is 11.3 Å². The van der Waals surface area contributed by atoms with Crippen LogP contribution in [0.2, 0.25) is 0 Å². The number of aliphatic hydroxyl groups excluding tert-OH is 2. The Morgan fingerprint density at radius 1 is 0.703 bits per heavy atom. The second-order valence-corrected chi connectivity index (χ2v) is 21.6. The van der Waals surface area contributed by atoms with Gasteiger partial charge < -0.3 is 32.7 Å². The largest absolute Gasteiger partial charge is 0.399 e. The SMILES string of the molecule is C.C.CC(C)CN(C[C@@H](O)[C@@H](N)Cc1cc(F)cc(F)c1)S(=O)(=O)c1ccc2nc(NC3CC3)sc2c1.CC(C)CN(C[C@@H](O)[C@@H](N)Cc1ccccc1)S(=O)(=O)c1ccc(N)cc1. The number of fused-ring (bicyclic) bond motifs is 1. The first-order valence-electron chi connectivity index (χ1n) is 20.6. The van der Waals surface area contributed by atoms with Gasteiger partial charge in [-0.2, -0.15) is 8.61 Å². The number of nitrogen functional groups attached to an aromatic ring is 1. The number of anilines is 2. The number of aromatic nitrogens is 1. The van der Waals surface area contributed by atoms with E-state index < -0.39 is 56.0 Å². The van der Waals surface area contributed by atoms with Crippen LogP contribution < -0.4 is 22.5 Å². The molecule has 1 aliphatic rings. The van der Waals surface area contributed by atoms with Gasteiger partial charge in [-0.3, -0.25) is 0 Å². The van der Waals surface area contributed by atoms with E-state index in [0.717, 1.165) is 52.0 Å². The highest BCUT2D eigenvalue weighted by Crippen LogP contribution is 2.33. The Bertz CT molecular complexity index is 2420. The molecule has 0 bridgehead atoms. The molecule has 0 radical (unpaired) electrons. The molecule has 5 aromatic rings. The van der Waals surface area contributed by atoms with Crippen molar-refractivity contribution in [2.45, 2.75) is 108 Å². The molecule has 1 fully saturated rings. The summed E-state index contributed by atoms with van der Waals surface area (Å²) in [5, 5.41) is 25.4. The lowest BCUT2D eigenvalue weighted by Gasteiger charge is -2.28. The molecule has 1 aliphatic carbocycles. The van der Waals surface area contributed by atoms with Gasteiger partial charge >= 0.3 is 0 Å². The maximum atomic E-state index is 13.6. The molecule has 18 heteroatoms. The van der Waals surface area contributed by atoms with E-state index in [0.29, 0.717) is 30.3 Å². The summed E-state index contributed by atoms with van der Waals surface area (Å²) in [7, 11) is -7.70. The number of nitrogens with one attached hydrogen (secondary N) is 1. The topological polar surface area (TPSA) is 218 Å². The number of thiazole rings is 1. The van der Waals surface area contributed by atoms with Crippen LogP contribution in [0.4, 0.5) is 19.6 Å². The van der Waals surface area contributed by atoms with E-state index >= 15 is 0 Å². The molecule has 6 rings (SSSR count). The summed E-state index contributed by atoms with van der Waals surface area (Å²) in [6, 6.07) is 22.5. The molecular formula is C46H67F2N7O6S3. The fraction of sp³-hybridized carbons (Fsp3) is 0.457. The molecule has 1 heterocycles. The second-order valence-electron chi connectivity index (χ2n) is 16.7. The Labute approximate surface area is 382 Å². The van der Waals surface area contributed by atoms with Crippen LogP contribution in [0.1, 0.15) is 66.5 Å². The number of halogens is 2. The van der Waals surface area contributed by atoms with Gasteiger partial charge in [0.25, 0.3) is 0 Å². The van der Waals surface area contributed by atoms with Gasteiger partial charge in [-0.1, -0.05) is 84.2 Å². The van der Waals surface area contributed by atoms with Crippen LogP contribution in [0, 0.1) is 23.5 Å². The average Bonchev–Trinajstić information content (AvgIpc) is 3.92. The molecule has 9 N–H and O–H groups in total. The van der Waals surface area contributed by atoms with E-state index in [1.54, 1.807) is 24.3 Å². The third-order valence-electron chi connectivity index (χ3n) is 10.0. The van der Waals surface area contributed by atoms with Gasteiger partial charge in [-0.25, -0.2) is 30.6 Å². The minimum absolute atomic E-state index is 0. The quantitative estimate of drug-likeness (QED) is 0.0444. The van der Waals surface area contributed by atoms with Crippen molar-refractivity contribution < 1.29 is 35.8 Å². The number of rotatable bonds is 20. The first-order valence-corrected chi connectivity index (χ1v) is 24.3. The normalized spacial score (nSPS) is 15.0. The van der Waals surface area contributed by atoms with Crippen molar-refractivity contribution in [2.24, 2.45) is 23.3 Å². The summed E-state index contributed by atoms with van der Waals surface area (Å²) in [6.45, 7) is 7.80. The van der Waals surface area contributed by atoms with Gasteiger partial charge in [0.1, 0.15) is 11.6 Å². The van der Waals surface area contributed by atoms with Crippen molar-refractivity contribution >= 4 is 52.4 Å². The summed E-state index contributed by atoms with van der Waals surface area (Å²) < 4.78 is 83.5. The highest BCUT2D eigenvalue weighted by atomic mass is 32.2. The van der Waals surface area contributed by atoms with Crippen molar-refractivity contribution in [2.75, 3.05) is 37.2 Å². The number of nitrogens with two attached hydrogens (primary N) is 3. The molecule has 1 aromatic heterocycles. The molecule has 0 amide bonds. The summed E-state index contributed by atoms with van der Waals surface area (Å²) in [4.78, 5) is 4.79. The van der Waals surface area contributed by atoms with Crippen LogP contribution in [0.25, 0.3) is 10.2 Å². The van der Waals surface area contributed by atoms with E-state index in [1.165, 1.54) is 38.1 Å². The monoisotopic (exact) mass is 947 g/mol. The highest BCUT2D eigenvalue weighted by molar-refractivity contribution is 7.89. The third-order valence-corrected chi connectivity index (χ3v) is 14.7. The van der Waals surface area contributed by atoms with Gasteiger partial charge in [-0.15, -0.1) is 0 Å². The molecule has 4 aromatic carbocycles. The highest BCUT2D eigenvalue weighted by Gasteiger charge is 2.32.